The molecule has 29 heavy (non-hydrogen) atoms. The molecule has 1 unspecified atom stereocenters. The van der Waals surface area contributed by atoms with E-state index in [4.69, 9.17) is 9.47 Å². The summed E-state index contributed by atoms with van der Waals surface area (Å²) in [5.74, 6) is 1.62. The maximum absolute atomic E-state index is 13.3. The van der Waals surface area contributed by atoms with Crippen LogP contribution < -0.4 is 19.7 Å². The van der Waals surface area contributed by atoms with Crippen LogP contribution in [-0.2, 0) is 6.42 Å². The van der Waals surface area contributed by atoms with Gasteiger partial charge in [0.2, 0.25) is 12.7 Å². The first-order valence-electron chi connectivity index (χ1n) is 9.52. The molecule has 0 saturated carbocycles. The Kier molecular flexibility index (Phi) is 4.08. The highest BCUT2D eigenvalue weighted by Gasteiger charge is 2.32. The Morgan fingerprint density at radius 1 is 1.10 bits per heavy atom. The molecule has 3 aromatic rings. The first-order chi connectivity index (χ1) is 14.1. The Balaban J connectivity index is 1.44. The zero-order valence-electron chi connectivity index (χ0n) is 16.2. The molecule has 0 spiro atoms. The standard InChI is InChI=1S/C22H20N4O3/c1-13-9-17(21(27)26-14(2)10-15-5-3-4-6-18(15)26)25-22(23-13)24-16-7-8-19-20(11-16)29-12-28-19/h3-9,11,14H,10,12H2,1-2H3,(H,23,24,25). The van der Waals surface area contributed by atoms with Gasteiger partial charge in [0.1, 0.15) is 5.69 Å². The molecule has 2 aliphatic heterocycles. The number of carbonyl (C=O) groups excluding carboxylic acids is 1. The lowest BCUT2D eigenvalue weighted by Gasteiger charge is -2.22. The zero-order valence-corrected chi connectivity index (χ0v) is 16.2. The van der Waals surface area contributed by atoms with Crippen LogP contribution in [0.3, 0.4) is 0 Å². The Hall–Kier alpha value is -3.61. The van der Waals surface area contributed by atoms with Crippen LogP contribution in [0, 0.1) is 6.92 Å². The lowest BCUT2D eigenvalue weighted by Crippen LogP contribution is -2.36. The van der Waals surface area contributed by atoms with E-state index >= 15 is 0 Å². The number of para-hydroxylation sites is 1. The number of hydrogen-bond acceptors (Lipinski definition) is 6. The lowest BCUT2D eigenvalue weighted by molar-refractivity contribution is 0.0976. The molecule has 3 heterocycles. The molecule has 1 N–H and O–H groups in total. The van der Waals surface area contributed by atoms with Crippen molar-refractivity contribution in [1.82, 2.24) is 9.97 Å². The Morgan fingerprint density at radius 2 is 1.93 bits per heavy atom. The van der Waals surface area contributed by atoms with Crippen molar-refractivity contribution in [3.05, 3.63) is 65.5 Å². The van der Waals surface area contributed by atoms with Crippen molar-refractivity contribution in [3.63, 3.8) is 0 Å². The monoisotopic (exact) mass is 388 g/mol. The summed E-state index contributed by atoms with van der Waals surface area (Å²) in [5, 5.41) is 3.16. The van der Waals surface area contributed by atoms with Gasteiger partial charge in [-0.3, -0.25) is 4.79 Å². The fourth-order valence-electron chi connectivity index (χ4n) is 3.84. The van der Waals surface area contributed by atoms with Crippen LogP contribution in [0.5, 0.6) is 11.5 Å². The van der Waals surface area contributed by atoms with Gasteiger partial charge in [-0.15, -0.1) is 0 Å². The first kappa shape index (κ1) is 17.5. The number of anilines is 3. The van der Waals surface area contributed by atoms with Gasteiger partial charge in [-0.25, -0.2) is 9.97 Å². The number of nitrogens with zero attached hydrogens (tertiary/aromatic N) is 3. The Bertz CT molecular complexity index is 1110. The van der Waals surface area contributed by atoms with Gasteiger partial charge in [0.25, 0.3) is 5.91 Å². The second-order valence-corrected chi connectivity index (χ2v) is 7.27. The normalized spacial score (nSPS) is 16.6. The van der Waals surface area contributed by atoms with E-state index in [9.17, 15) is 4.79 Å². The van der Waals surface area contributed by atoms with E-state index < -0.39 is 0 Å². The third-order valence-corrected chi connectivity index (χ3v) is 5.13. The molecule has 2 aromatic carbocycles. The highest BCUT2D eigenvalue weighted by Crippen LogP contribution is 2.35. The van der Waals surface area contributed by atoms with Gasteiger partial charge < -0.3 is 19.7 Å². The number of nitrogens with one attached hydrogen (secondary N) is 1. The van der Waals surface area contributed by atoms with Gasteiger partial charge in [0.05, 0.1) is 0 Å². The number of benzene rings is 2. The summed E-state index contributed by atoms with van der Waals surface area (Å²) in [6.45, 7) is 4.12. The van der Waals surface area contributed by atoms with Crippen LogP contribution >= 0.6 is 0 Å². The number of hydrogen-bond donors (Lipinski definition) is 1. The summed E-state index contributed by atoms with van der Waals surface area (Å²) in [7, 11) is 0. The predicted molar refractivity (Wildman–Crippen MR) is 109 cm³/mol. The fourth-order valence-corrected chi connectivity index (χ4v) is 3.84. The number of carbonyl (C=O) groups is 1. The van der Waals surface area contributed by atoms with E-state index in [1.54, 1.807) is 6.07 Å². The van der Waals surface area contributed by atoms with E-state index in [1.165, 1.54) is 5.56 Å². The molecule has 0 aliphatic carbocycles. The maximum atomic E-state index is 13.3. The van der Waals surface area contributed by atoms with Crippen LogP contribution in [-0.4, -0.2) is 28.7 Å². The largest absolute Gasteiger partial charge is 0.454 e. The average molecular weight is 388 g/mol. The number of ether oxygens (including phenoxy) is 2. The topological polar surface area (TPSA) is 76.6 Å². The molecular weight excluding hydrogens is 368 g/mol. The highest BCUT2D eigenvalue weighted by molar-refractivity contribution is 6.06. The van der Waals surface area contributed by atoms with Crippen LogP contribution in [0.4, 0.5) is 17.3 Å². The molecule has 1 amide bonds. The highest BCUT2D eigenvalue weighted by atomic mass is 16.7. The second kappa shape index (κ2) is 6.77. The summed E-state index contributed by atoms with van der Waals surface area (Å²) in [6, 6.07) is 15.3. The van der Waals surface area contributed by atoms with Gasteiger partial charge in [0, 0.05) is 29.2 Å². The van der Waals surface area contributed by atoms with Crippen LogP contribution in [0.15, 0.2) is 48.5 Å². The summed E-state index contributed by atoms with van der Waals surface area (Å²) in [5.41, 5.74) is 3.97. The van der Waals surface area contributed by atoms with E-state index in [2.05, 4.69) is 28.3 Å². The zero-order chi connectivity index (χ0) is 20.0. The molecule has 0 bridgehead atoms. The lowest BCUT2D eigenvalue weighted by atomic mass is 10.1. The van der Waals surface area contributed by atoms with Crippen LogP contribution in [0.1, 0.15) is 28.7 Å². The fraction of sp³-hybridized carbons (Fsp3) is 0.227. The average Bonchev–Trinajstić information content (AvgIpc) is 3.29. The van der Waals surface area contributed by atoms with Crippen molar-refractivity contribution < 1.29 is 14.3 Å². The van der Waals surface area contributed by atoms with Gasteiger partial charge in [-0.1, -0.05) is 18.2 Å². The molecule has 5 rings (SSSR count). The van der Waals surface area contributed by atoms with Gasteiger partial charge >= 0.3 is 0 Å². The van der Waals surface area contributed by atoms with Crippen molar-refractivity contribution in [1.29, 1.82) is 0 Å². The maximum Gasteiger partial charge on any atom is 0.277 e. The summed E-state index contributed by atoms with van der Waals surface area (Å²) < 4.78 is 10.7. The van der Waals surface area contributed by atoms with E-state index in [0.29, 0.717) is 28.8 Å². The first-order valence-corrected chi connectivity index (χ1v) is 9.52. The third kappa shape index (κ3) is 3.14. The van der Waals surface area contributed by atoms with Crippen molar-refractivity contribution in [3.8, 4) is 11.5 Å². The molecule has 2 aliphatic rings. The molecule has 7 nitrogen and oxygen atoms in total. The SMILES string of the molecule is Cc1cc(C(=O)N2c3ccccc3CC2C)nc(Nc2ccc3c(c2)OCO3)n1. The van der Waals surface area contributed by atoms with Crippen LogP contribution in [0.25, 0.3) is 0 Å². The smallest absolute Gasteiger partial charge is 0.277 e. The van der Waals surface area contributed by atoms with Crippen LogP contribution in [0.2, 0.25) is 0 Å². The number of fused-ring (bicyclic) bond motifs is 2. The minimum Gasteiger partial charge on any atom is -0.454 e. The molecule has 7 heteroatoms. The Morgan fingerprint density at radius 3 is 2.83 bits per heavy atom. The minimum atomic E-state index is -0.123. The second-order valence-electron chi connectivity index (χ2n) is 7.27. The molecule has 0 fully saturated rings. The predicted octanol–water partition coefficient (Wildman–Crippen LogP) is 3.85. The minimum absolute atomic E-state index is 0.0837. The summed E-state index contributed by atoms with van der Waals surface area (Å²) in [4.78, 5) is 24.0. The molecule has 0 radical (unpaired) electrons. The van der Waals surface area contributed by atoms with Crippen molar-refractivity contribution in [2.24, 2.45) is 0 Å². The number of aromatic nitrogens is 2. The number of aryl methyl sites for hydroxylation is 1. The molecule has 0 saturated heterocycles. The van der Waals surface area contributed by atoms with E-state index in [-0.39, 0.29) is 18.7 Å². The van der Waals surface area contributed by atoms with Crippen molar-refractivity contribution >= 4 is 23.2 Å². The molecule has 1 atom stereocenters. The van der Waals surface area contributed by atoms with E-state index in [1.807, 2.05) is 48.2 Å². The summed E-state index contributed by atoms with van der Waals surface area (Å²) >= 11 is 0. The van der Waals surface area contributed by atoms with E-state index in [0.717, 1.165) is 17.8 Å². The summed E-state index contributed by atoms with van der Waals surface area (Å²) in [6.07, 6.45) is 0.842. The molecule has 146 valence electrons. The number of rotatable bonds is 3. The third-order valence-electron chi connectivity index (χ3n) is 5.13. The van der Waals surface area contributed by atoms with Crippen molar-refractivity contribution in [2.75, 3.05) is 17.0 Å². The molecular formula is C22H20N4O3. The van der Waals surface area contributed by atoms with Gasteiger partial charge in [-0.05, 0) is 50.1 Å². The molecule has 1 aromatic heterocycles. The number of amides is 1. The Labute approximate surface area is 168 Å². The van der Waals surface area contributed by atoms with Crippen molar-refractivity contribution in [2.45, 2.75) is 26.3 Å². The van der Waals surface area contributed by atoms with Gasteiger partial charge in [-0.2, -0.15) is 0 Å². The quantitative estimate of drug-likeness (QED) is 0.734. The van der Waals surface area contributed by atoms with Gasteiger partial charge in [0.15, 0.2) is 11.5 Å².